The van der Waals surface area contributed by atoms with Gasteiger partial charge in [-0.1, -0.05) is 134 Å². The third-order valence-electron chi connectivity index (χ3n) is 6.11. The molecule has 0 aliphatic carbocycles. The minimum atomic E-state index is 0.312. The average Bonchev–Trinajstić information content (AvgIpc) is 2.76. The van der Waals surface area contributed by atoms with Crippen molar-refractivity contribution in [3.63, 3.8) is 0 Å². The number of rotatable bonds is 20. The van der Waals surface area contributed by atoms with Gasteiger partial charge in [-0.05, 0) is 18.4 Å². The molecule has 0 atom stereocenters. The fraction of sp³-hybridized carbons (Fsp3) is 0.750. The lowest BCUT2D eigenvalue weighted by Crippen LogP contribution is -2.34. The van der Waals surface area contributed by atoms with Crippen LogP contribution in [0.1, 0.15) is 122 Å². The van der Waals surface area contributed by atoms with E-state index in [1.165, 1.54) is 89.9 Å². The van der Waals surface area contributed by atoms with Crippen LogP contribution in [0.2, 0.25) is 0 Å². The molecule has 0 unspecified atom stereocenters. The van der Waals surface area contributed by atoms with Gasteiger partial charge in [0.15, 0.2) is 0 Å². The first-order chi connectivity index (χ1) is 14.8. The molecule has 0 N–H and O–H groups in total. The summed E-state index contributed by atoms with van der Waals surface area (Å²) in [5, 5.41) is 0. The molecule has 2 nitrogen and oxygen atoms in total. The highest BCUT2D eigenvalue weighted by Crippen LogP contribution is 2.12. The third-order valence-corrected chi connectivity index (χ3v) is 6.11. The summed E-state index contributed by atoms with van der Waals surface area (Å²) < 4.78 is 0. The predicted molar refractivity (Wildman–Crippen MR) is 132 cm³/mol. The molecule has 0 aliphatic heterocycles. The fourth-order valence-electron chi connectivity index (χ4n) is 4.12. The maximum Gasteiger partial charge on any atom is 0.226 e. The Morgan fingerprint density at radius 1 is 0.600 bits per heavy atom. The van der Waals surface area contributed by atoms with Gasteiger partial charge in [0, 0.05) is 13.1 Å². The van der Waals surface area contributed by atoms with Crippen LogP contribution in [0.25, 0.3) is 0 Å². The predicted octanol–water partition coefficient (Wildman–Crippen LogP) is 8.34. The monoisotopic (exact) mass is 415 g/mol. The smallest absolute Gasteiger partial charge is 0.226 e. The molecule has 0 saturated carbocycles. The van der Waals surface area contributed by atoms with E-state index in [2.05, 4.69) is 30.9 Å². The van der Waals surface area contributed by atoms with Crippen LogP contribution in [-0.2, 0) is 11.2 Å². The van der Waals surface area contributed by atoms with Crippen molar-refractivity contribution in [1.82, 2.24) is 4.90 Å². The number of hydrogen-bond acceptors (Lipinski definition) is 1. The number of hydrogen-bond donors (Lipinski definition) is 0. The van der Waals surface area contributed by atoms with Crippen LogP contribution in [0.15, 0.2) is 30.3 Å². The molecule has 172 valence electrons. The lowest BCUT2D eigenvalue weighted by atomic mass is 10.1. The Morgan fingerprint density at radius 2 is 1.00 bits per heavy atom. The Bertz CT molecular complexity index is 479. The molecule has 0 heterocycles. The van der Waals surface area contributed by atoms with Crippen LogP contribution in [0.5, 0.6) is 0 Å². The topological polar surface area (TPSA) is 20.3 Å². The summed E-state index contributed by atoms with van der Waals surface area (Å²) in [5.74, 6) is 0.312. The maximum absolute atomic E-state index is 12.9. The van der Waals surface area contributed by atoms with Gasteiger partial charge in [0.2, 0.25) is 5.91 Å². The van der Waals surface area contributed by atoms with E-state index < -0.39 is 0 Å². The summed E-state index contributed by atoms with van der Waals surface area (Å²) in [6, 6.07) is 10.2. The Kier molecular flexibility index (Phi) is 17.5. The SMILES string of the molecule is CCCCCCCCCCN(CCCCCCCCCC)C(=O)Cc1ccccc1. The minimum Gasteiger partial charge on any atom is -0.342 e. The minimum absolute atomic E-state index is 0.312. The Morgan fingerprint density at radius 3 is 1.43 bits per heavy atom. The van der Waals surface area contributed by atoms with Gasteiger partial charge in [0.05, 0.1) is 6.42 Å². The number of nitrogens with zero attached hydrogens (tertiary/aromatic N) is 1. The average molecular weight is 416 g/mol. The lowest BCUT2D eigenvalue weighted by molar-refractivity contribution is -0.130. The zero-order chi connectivity index (χ0) is 21.7. The van der Waals surface area contributed by atoms with Gasteiger partial charge in [-0.15, -0.1) is 0 Å². The quantitative estimate of drug-likeness (QED) is 0.196. The van der Waals surface area contributed by atoms with E-state index in [1.54, 1.807) is 0 Å². The normalized spacial score (nSPS) is 11.0. The third kappa shape index (κ3) is 14.6. The van der Waals surface area contributed by atoms with Gasteiger partial charge >= 0.3 is 0 Å². The first kappa shape index (κ1) is 26.7. The van der Waals surface area contributed by atoms with E-state index in [9.17, 15) is 4.79 Å². The molecule has 0 fully saturated rings. The van der Waals surface area contributed by atoms with Crippen molar-refractivity contribution in [2.24, 2.45) is 0 Å². The summed E-state index contributed by atoms with van der Waals surface area (Å²) in [7, 11) is 0. The summed E-state index contributed by atoms with van der Waals surface area (Å²) in [4.78, 5) is 15.1. The van der Waals surface area contributed by atoms with Gasteiger partial charge in [0.25, 0.3) is 0 Å². The highest BCUT2D eigenvalue weighted by atomic mass is 16.2. The van der Waals surface area contributed by atoms with Crippen molar-refractivity contribution in [3.05, 3.63) is 35.9 Å². The number of unbranched alkanes of at least 4 members (excludes halogenated alkanes) is 14. The summed E-state index contributed by atoms with van der Waals surface area (Å²) in [5.41, 5.74) is 1.14. The molecule has 0 radical (unpaired) electrons. The van der Waals surface area contributed by atoms with E-state index in [-0.39, 0.29) is 0 Å². The van der Waals surface area contributed by atoms with Gasteiger partial charge < -0.3 is 4.90 Å². The zero-order valence-corrected chi connectivity index (χ0v) is 20.2. The first-order valence-corrected chi connectivity index (χ1v) is 13.1. The van der Waals surface area contributed by atoms with Crippen LogP contribution in [0, 0.1) is 0 Å². The number of benzene rings is 1. The molecule has 1 rings (SSSR count). The number of carbonyl (C=O) groups excluding carboxylic acids is 1. The summed E-state index contributed by atoms with van der Waals surface area (Å²) >= 11 is 0. The summed E-state index contributed by atoms with van der Waals surface area (Å²) in [6.45, 7) is 6.43. The zero-order valence-electron chi connectivity index (χ0n) is 20.2. The van der Waals surface area contributed by atoms with Crippen molar-refractivity contribution < 1.29 is 4.79 Å². The van der Waals surface area contributed by atoms with Crippen molar-refractivity contribution >= 4 is 5.91 Å². The van der Waals surface area contributed by atoms with Gasteiger partial charge in [-0.2, -0.15) is 0 Å². The molecule has 0 spiro atoms. The lowest BCUT2D eigenvalue weighted by Gasteiger charge is -2.23. The van der Waals surface area contributed by atoms with Gasteiger partial charge in [0.1, 0.15) is 0 Å². The van der Waals surface area contributed by atoms with E-state index in [1.807, 2.05) is 18.2 Å². The van der Waals surface area contributed by atoms with Crippen LogP contribution < -0.4 is 0 Å². The molecule has 30 heavy (non-hydrogen) atoms. The second-order valence-electron chi connectivity index (χ2n) is 8.99. The molecule has 1 amide bonds. The number of carbonyl (C=O) groups is 1. The molecule has 0 aromatic heterocycles. The Hall–Kier alpha value is -1.31. The molecule has 0 aliphatic rings. The second kappa shape index (κ2) is 19.6. The van der Waals surface area contributed by atoms with Gasteiger partial charge in [-0.25, -0.2) is 0 Å². The van der Waals surface area contributed by atoms with Crippen molar-refractivity contribution in [1.29, 1.82) is 0 Å². The molecule has 1 aromatic rings. The van der Waals surface area contributed by atoms with E-state index in [0.717, 1.165) is 31.5 Å². The molecule has 2 heteroatoms. The summed E-state index contributed by atoms with van der Waals surface area (Å²) in [6.07, 6.45) is 21.7. The molecule has 1 aromatic carbocycles. The fourth-order valence-corrected chi connectivity index (χ4v) is 4.12. The van der Waals surface area contributed by atoms with Gasteiger partial charge in [-0.3, -0.25) is 4.79 Å². The number of amides is 1. The molecular formula is C28H49NO. The Balaban J connectivity index is 2.29. The van der Waals surface area contributed by atoms with Crippen molar-refractivity contribution in [2.75, 3.05) is 13.1 Å². The highest BCUT2D eigenvalue weighted by molar-refractivity contribution is 5.78. The molecule has 0 bridgehead atoms. The standard InChI is InChI=1S/C28H49NO/c1-3-5-7-9-11-13-15-20-24-29(25-21-16-14-12-10-8-6-4-2)28(30)26-27-22-18-17-19-23-27/h17-19,22-23H,3-16,20-21,24-26H2,1-2H3. The second-order valence-corrected chi connectivity index (χ2v) is 8.99. The highest BCUT2D eigenvalue weighted by Gasteiger charge is 2.13. The van der Waals surface area contributed by atoms with Crippen LogP contribution in [0.3, 0.4) is 0 Å². The van der Waals surface area contributed by atoms with Crippen molar-refractivity contribution in [3.8, 4) is 0 Å². The molecular weight excluding hydrogens is 366 g/mol. The Labute approximate surface area is 187 Å². The maximum atomic E-state index is 12.9. The largest absolute Gasteiger partial charge is 0.342 e. The van der Waals surface area contributed by atoms with E-state index >= 15 is 0 Å². The first-order valence-electron chi connectivity index (χ1n) is 13.1. The van der Waals surface area contributed by atoms with E-state index in [4.69, 9.17) is 0 Å². The van der Waals surface area contributed by atoms with Crippen LogP contribution >= 0.6 is 0 Å². The van der Waals surface area contributed by atoms with Crippen LogP contribution in [0.4, 0.5) is 0 Å². The van der Waals surface area contributed by atoms with E-state index in [0.29, 0.717) is 12.3 Å². The molecule has 0 saturated heterocycles. The van der Waals surface area contributed by atoms with Crippen LogP contribution in [-0.4, -0.2) is 23.9 Å². The van der Waals surface area contributed by atoms with Crippen molar-refractivity contribution in [2.45, 2.75) is 123 Å².